The fourth-order valence-electron chi connectivity index (χ4n) is 1.67. The first-order chi connectivity index (χ1) is 9.33. The summed E-state index contributed by atoms with van der Waals surface area (Å²) in [4.78, 5) is 2.16. The summed E-state index contributed by atoms with van der Waals surface area (Å²) >= 11 is 0. The summed E-state index contributed by atoms with van der Waals surface area (Å²) in [5.74, 6) is 0.833. The van der Waals surface area contributed by atoms with Crippen molar-refractivity contribution in [2.24, 2.45) is 0 Å². The Labute approximate surface area is 122 Å². The van der Waals surface area contributed by atoms with Gasteiger partial charge in [-0.1, -0.05) is 18.2 Å². The maximum absolute atomic E-state index is 9.94. The zero-order valence-corrected chi connectivity index (χ0v) is 13.3. The van der Waals surface area contributed by atoms with Crippen LogP contribution >= 0.6 is 0 Å². The van der Waals surface area contributed by atoms with Crippen molar-refractivity contribution in [2.45, 2.75) is 32.4 Å². The van der Waals surface area contributed by atoms with Crippen LogP contribution in [-0.2, 0) is 0 Å². The van der Waals surface area contributed by atoms with Gasteiger partial charge >= 0.3 is 0 Å². The minimum atomic E-state index is -0.507. The molecule has 1 aromatic rings. The van der Waals surface area contributed by atoms with Gasteiger partial charge in [-0.15, -0.1) is 0 Å². The molecule has 4 heteroatoms. The van der Waals surface area contributed by atoms with E-state index in [0.717, 1.165) is 17.9 Å². The number of aryl methyl sites for hydroxylation is 1. The number of rotatable bonds is 8. The lowest BCUT2D eigenvalue weighted by Gasteiger charge is -2.33. The third-order valence-corrected chi connectivity index (χ3v) is 3.67. The molecule has 1 aromatic carbocycles. The highest BCUT2D eigenvalue weighted by Crippen LogP contribution is 2.16. The maximum Gasteiger partial charge on any atom is 0.122 e. The molecule has 114 valence electrons. The van der Waals surface area contributed by atoms with Crippen LogP contribution in [0.3, 0.4) is 0 Å². The van der Waals surface area contributed by atoms with Gasteiger partial charge < -0.3 is 20.1 Å². The molecule has 0 bridgehead atoms. The average molecular weight is 280 g/mol. The second-order valence-electron chi connectivity index (χ2n) is 6.07. The molecule has 0 aromatic heterocycles. The summed E-state index contributed by atoms with van der Waals surface area (Å²) in [6, 6.07) is 7.83. The number of benzene rings is 1. The number of nitrogens with zero attached hydrogens (tertiary/aromatic N) is 1. The topological polar surface area (TPSA) is 44.7 Å². The van der Waals surface area contributed by atoms with Gasteiger partial charge in [0.25, 0.3) is 0 Å². The number of para-hydroxylation sites is 1. The van der Waals surface area contributed by atoms with E-state index in [-0.39, 0.29) is 5.54 Å². The zero-order valence-electron chi connectivity index (χ0n) is 13.3. The van der Waals surface area contributed by atoms with E-state index in [0.29, 0.717) is 13.2 Å². The lowest BCUT2D eigenvalue weighted by Crippen LogP contribution is -2.48. The van der Waals surface area contributed by atoms with Crippen LogP contribution in [0.4, 0.5) is 0 Å². The van der Waals surface area contributed by atoms with Gasteiger partial charge in [0.2, 0.25) is 0 Å². The number of aliphatic hydroxyl groups excluding tert-OH is 1. The summed E-state index contributed by atoms with van der Waals surface area (Å²) < 4.78 is 5.63. The van der Waals surface area contributed by atoms with Crippen LogP contribution in [0.2, 0.25) is 0 Å². The monoisotopic (exact) mass is 280 g/mol. The number of hydrogen-bond donors (Lipinski definition) is 2. The van der Waals surface area contributed by atoms with Crippen molar-refractivity contribution in [3.05, 3.63) is 29.8 Å². The van der Waals surface area contributed by atoms with Crippen LogP contribution in [0.25, 0.3) is 0 Å². The Morgan fingerprint density at radius 1 is 1.30 bits per heavy atom. The summed E-state index contributed by atoms with van der Waals surface area (Å²) in [6.45, 7) is 7.98. The molecule has 0 aliphatic carbocycles. The van der Waals surface area contributed by atoms with Crippen molar-refractivity contribution >= 4 is 0 Å². The van der Waals surface area contributed by atoms with Crippen molar-refractivity contribution in [3.63, 3.8) is 0 Å². The van der Waals surface area contributed by atoms with Crippen LogP contribution < -0.4 is 10.1 Å². The average Bonchev–Trinajstić information content (AvgIpc) is 2.37. The number of hydrogen-bond acceptors (Lipinski definition) is 4. The highest BCUT2D eigenvalue weighted by atomic mass is 16.5. The van der Waals surface area contributed by atoms with Gasteiger partial charge in [0.1, 0.15) is 18.5 Å². The minimum Gasteiger partial charge on any atom is -0.491 e. The first kappa shape index (κ1) is 17.0. The zero-order chi connectivity index (χ0) is 15.2. The van der Waals surface area contributed by atoms with Crippen molar-refractivity contribution < 1.29 is 9.84 Å². The molecule has 0 saturated heterocycles. The Kier molecular flexibility index (Phi) is 6.46. The molecule has 1 rings (SSSR count). The smallest absolute Gasteiger partial charge is 0.122 e. The molecule has 0 radical (unpaired) electrons. The molecular formula is C16H28N2O2. The summed E-state index contributed by atoms with van der Waals surface area (Å²) in [5.41, 5.74) is 1.15. The number of ether oxygens (including phenoxy) is 1. The Hall–Kier alpha value is -1.10. The molecular weight excluding hydrogens is 252 g/mol. The van der Waals surface area contributed by atoms with E-state index in [2.05, 4.69) is 38.2 Å². The van der Waals surface area contributed by atoms with Gasteiger partial charge in [-0.25, -0.2) is 0 Å². The van der Waals surface area contributed by atoms with Crippen molar-refractivity contribution in [2.75, 3.05) is 33.8 Å². The predicted molar refractivity (Wildman–Crippen MR) is 83.3 cm³/mol. The van der Waals surface area contributed by atoms with Crippen molar-refractivity contribution in [1.82, 2.24) is 10.2 Å². The highest BCUT2D eigenvalue weighted by molar-refractivity contribution is 5.31. The lowest BCUT2D eigenvalue weighted by atomic mass is 10.0. The molecule has 0 heterocycles. The molecule has 0 amide bonds. The summed E-state index contributed by atoms with van der Waals surface area (Å²) in [5, 5.41) is 13.2. The van der Waals surface area contributed by atoms with Gasteiger partial charge in [-0.2, -0.15) is 0 Å². The molecule has 20 heavy (non-hydrogen) atoms. The highest BCUT2D eigenvalue weighted by Gasteiger charge is 2.20. The maximum atomic E-state index is 9.94. The Morgan fingerprint density at radius 3 is 2.55 bits per heavy atom. The minimum absolute atomic E-state index is 0.0661. The van der Waals surface area contributed by atoms with E-state index in [1.54, 1.807) is 0 Å². The third-order valence-electron chi connectivity index (χ3n) is 3.67. The fraction of sp³-hybridized carbons (Fsp3) is 0.625. The van der Waals surface area contributed by atoms with E-state index < -0.39 is 6.10 Å². The first-order valence-electron chi connectivity index (χ1n) is 7.07. The molecule has 0 aliphatic heterocycles. The van der Waals surface area contributed by atoms with E-state index >= 15 is 0 Å². The standard InChI is InChI=1S/C16H28N2O2/c1-13-8-6-7-9-15(13)20-11-14(19)10-17-12-16(2,3)18(4)5/h6-9,14,17,19H,10-12H2,1-5H3. The number of nitrogens with one attached hydrogen (secondary N) is 1. The molecule has 4 nitrogen and oxygen atoms in total. The second-order valence-corrected chi connectivity index (χ2v) is 6.07. The Balaban J connectivity index is 2.28. The SMILES string of the molecule is Cc1ccccc1OCC(O)CNCC(C)(C)N(C)C. The van der Waals surface area contributed by atoms with Gasteiger partial charge in [0, 0.05) is 18.6 Å². The van der Waals surface area contributed by atoms with Gasteiger partial charge in [0.05, 0.1) is 0 Å². The molecule has 0 fully saturated rings. The van der Waals surface area contributed by atoms with Crippen LogP contribution in [0.1, 0.15) is 19.4 Å². The summed E-state index contributed by atoms with van der Waals surface area (Å²) in [7, 11) is 4.11. The Bertz CT molecular complexity index is 405. The molecule has 2 N–H and O–H groups in total. The number of likely N-dealkylation sites (N-methyl/N-ethyl adjacent to an activating group) is 1. The van der Waals surface area contributed by atoms with E-state index in [9.17, 15) is 5.11 Å². The molecule has 1 atom stereocenters. The van der Waals surface area contributed by atoms with Gasteiger partial charge in [0.15, 0.2) is 0 Å². The first-order valence-corrected chi connectivity index (χ1v) is 7.07. The molecule has 1 unspecified atom stereocenters. The van der Waals surface area contributed by atoms with E-state index in [4.69, 9.17) is 4.74 Å². The largest absolute Gasteiger partial charge is 0.491 e. The Morgan fingerprint density at radius 2 is 1.95 bits per heavy atom. The molecule has 0 spiro atoms. The lowest BCUT2D eigenvalue weighted by molar-refractivity contribution is 0.0998. The second kappa shape index (κ2) is 7.62. The van der Waals surface area contributed by atoms with Crippen LogP contribution in [0.5, 0.6) is 5.75 Å². The summed E-state index contributed by atoms with van der Waals surface area (Å²) in [6.07, 6.45) is -0.507. The van der Waals surface area contributed by atoms with E-state index in [1.165, 1.54) is 0 Å². The van der Waals surface area contributed by atoms with Crippen molar-refractivity contribution in [3.8, 4) is 5.75 Å². The van der Waals surface area contributed by atoms with Gasteiger partial charge in [-0.05, 0) is 46.5 Å². The van der Waals surface area contributed by atoms with Crippen LogP contribution in [0, 0.1) is 6.92 Å². The number of aliphatic hydroxyl groups is 1. The fourth-order valence-corrected chi connectivity index (χ4v) is 1.67. The van der Waals surface area contributed by atoms with Crippen molar-refractivity contribution in [1.29, 1.82) is 0 Å². The van der Waals surface area contributed by atoms with E-state index in [1.807, 2.05) is 31.2 Å². The predicted octanol–water partition coefficient (Wildman–Crippen LogP) is 1.66. The van der Waals surface area contributed by atoms with Crippen LogP contribution in [-0.4, -0.2) is 55.4 Å². The molecule has 0 saturated carbocycles. The molecule has 0 aliphatic rings. The van der Waals surface area contributed by atoms with Crippen LogP contribution in [0.15, 0.2) is 24.3 Å². The quantitative estimate of drug-likeness (QED) is 0.760. The normalized spacial score (nSPS) is 13.6. The van der Waals surface area contributed by atoms with Gasteiger partial charge in [-0.3, -0.25) is 0 Å². The third kappa shape index (κ3) is 5.49.